The minimum Gasteiger partial charge on any atom is -0.339 e. The van der Waals surface area contributed by atoms with E-state index in [1.165, 1.54) is 36.4 Å². The number of nitrogens with zero attached hydrogens (tertiary/aromatic N) is 2. The van der Waals surface area contributed by atoms with Crippen molar-refractivity contribution in [3.8, 4) is 0 Å². The molecule has 0 aliphatic rings. The zero-order valence-corrected chi connectivity index (χ0v) is 13.5. The molecule has 25 heavy (non-hydrogen) atoms. The maximum atomic E-state index is 12.9. The molecule has 6 nitrogen and oxygen atoms in total. The van der Waals surface area contributed by atoms with Crippen LogP contribution < -0.4 is 10.0 Å². The molecule has 9 heteroatoms. The first kappa shape index (κ1) is 16.8. The van der Waals surface area contributed by atoms with E-state index in [9.17, 15) is 17.2 Å². The second kappa shape index (κ2) is 6.81. The number of nitrogens with one attached hydrogen (secondary N) is 2. The lowest BCUT2D eigenvalue weighted by atomic mass is 10.3. The lowest BCUT2D eigenvalue weighted by Crippen LogP contribution is -2.14. The molecule has 0 saturated carbocycles. The van der Waals surface area contributed by atoms with E-state index in [0.717, 1.165) is 24.3 Å². The van der Waals surface area contributed by atoms with Gasteiger partial charge in [0.2, 0.25) is 0 Å². The summed E-state index contributed by atoms with van der Waals surface area (Å²) in [6.45, 7) is 0. The van der Waals surface area contributed by atoms with Crippen molar-refractivity contribution in [2.75, 3.05) is 10.0 Å². The Bertz CT molecular complexity index is 961. The van der Waals surface area contributed by atoms with Gasteiger partial charge in [0.05, 0.1) is 4.90 Å². The molecule has 1 aromatic heterocycles. The zero-order valence-electron chi connectivity index (χ0n) is 12.6. The van der Waals surface area contributed by atoms with E-state index in [2.05, 4.69) is 20.2 Å². The number of hydrogen-bond acceptors (Lipinski definition) is 5. The van der Waals surface area contributed by atoms with Crippen molar-refractivity contribution < 1.29 is 17.2 Å². The monoisotopic (exact) mass is 362 g/mol. The van der Waals surface area contributed by atoms with Crippen LogP contribution in [0.15, 0.2) is 65.6 Å². The highest BCUT2D eigenvalue weighted by Crippen LogP contribution is 2.17. The third-order valence-corrected chi connectivity index (χ3v) is 4.51. The molecule has 0 aliphatic carbocycles. The molecular formula is C16H12F2N4O2S. The molecule has 0 unspecified atom stereocenters. The highest BCUT2D eigenvalue weighted by Gasteiger charge is 2.15. The van der Waals surface area contributed by atoms with E-state index < -0.39 is 15.8 Å². The fourth-order valence-corrected chi connectivity index (χ4v) is 2.94. The number of sulfonamides is 1. The summed E-state index contributed by atoms with van der Waals surface area (Å²) in [7, 11) is -3.89. The fourth-order valence-electron chi connectivity index (χ4n) is 1.94. The Balaban J connectivity index is 1.71. The van der Waals surface area contributed by atoms with Gasteiger partial charge in [-0.05, 0) is 60.7 Å². The minimum absolute atomic E-state index is 0.00832. The zero-order chi connectivity index (χ0) is 17.9. The average molecular weight is 362 g/mol. The van der Waals surface area contributed by atoms with E-state index in [1.807, 2.05) is 0 Å². The smallest absolute Gasteiger partial charge is 0.263 e. The van der Waals surface area contributed by atoms with E-state index >= 15 is 0 Å². The minimum atomic E-state index is -3.89. The highest BCUT2D eigenvalue weighted by atomic mass is 32.2. The van der Waals surface area contributed by atoms with Crippen molar-refractivity contribution in [1.82, 2.24) is 10.2 Å². The van der Waals surface area contributed by atoms with Crippen LogP contribution in [-0.2, 0) is 10.0 Å². The van der Waals surface area contributed by atoms with Crippen LogP contribution >= 0.6 is 0 Å². The van der Waals surface area contributed by atoms with Crippen LogP contribution in [0.25, 0.3) is 0 Å². The highest BCUT2D eigenvalue weighted by molar-refractivity contribution is 7.92. The molecule has 2 aromatic carbocycles. The van der Waals surface area contributed by atoms with Crippen LogP contribution in [0.1, 0.15) is 0 Å². The number of hydrogen-bond donors (Lipinski definition) is 2. The molecule has 0 fully saturated rings. The molecule has 3 aromatic rings. The Morgan fingerprint density at radius 1 is 0.720 bits per heavy atom. The molecule has 128 valence electrons. The van der Waals surface area contributed by atoms with Crippen molar-refractivity contribution in [3.05, 3.63) is 72.3 Å². The second-order valence-corrected chi connectivity index (χ2v) is 6.68. The standard InChI is InChI=1S/C16H12F2N4O2S/c17-11-1-5-13(6-2-11)19-15-9-10-16(21-20-15)22-25(23,24)14-7-3-12(18)4-8-14/h1-10H,(H,19,20)(H,21,22). The Morgan fingerprint density at radius 3 is 1.80 bits per heavy atom. The average Bonchev–Trinajstić information content (AvgIpc) is 2.59. The van der Waals surface area contributed by atoms with E-state index in [1.54, 1.807) is 0 Å². The Hall–Kier alpha value is -3.07. The van der Waals surface area contributed by atoms with Crippen LogP contribution in [0.5, 0.6) is 0 Å². The van der Waals surface area contributed by atoms with Crippen molar-refractivity contribution >= 4 is 27.3 Å². The molecule has 0 bridgehead atoms. The number of anilines is 3. The summed E-state index contributed by atoms with van der Waals surface area (Å²) >= 11 is 0. The van der Waals surface area contributed by atoms with Crippen LogP contribution in [0, 0.1) is 11.6 Å². The van der Waals surface area contributed by atoms with Crippen LogP contribution in [-0.4, -0.2) is 18.6 Å². The van der Waals surface area contributed by atoms with Gasteiger partial charge < -0.3 is 5.32 Å². The molecule has 0 atom stereocenters. The lowest BCUT2D eigenvalue weighted by molar-refractivity contribution is 0.599. The second-order valence-electron chi connectivity index (χ2n) is 5.00. The van der Waals surface area contributed by atoms with E-state index in [4.69, 9.17) is 0 Å². The third-order valence-electron chi connectivity index (χ3n) is 3.14. The summed E-state index contributed by atoms with van der Waals surface area (Å²) in [5, 5.41) is 10.5. The molecule has 1 heterocycles. The Kier molecular flexibility index (Phi) is 4.57. The van der Waals surface area contributed by atoms with Gasteiger partial charge in [0.1, 0.15) is 11.6 Å². The Labute approximate surface area is 142 Å². The summed E-state index contributed by atoms with van der Waals surface area (Å²) in [4.78, 5) is -0.0933. The maximum absolute atomic E-state index is 12.9. The molecule has 0 amide bonds. The molecular weight excluding hydrogens is 350 g/mol. The first-order valence-corrected chi connectivity index (χ1v) is 8.55. The topological polar surface area (TPSA) is 84.0 Å². The molecule has 0 saturated heterocycles. The maximum Gasteiger partial charge on any atom is 0.263 e. The van der Waals surface area contributed by atoms with Crippen LogP contribution in [0.3, 0.4) is 0 Å². The number of benzene rings is 2. The van der Waals surface area contributed by atoms with Crippen molar-refractivity contribution in [2.45, 2.75) is 4.90 Å². The summed E-state index contributed by atoms with van der Waals surface area (Å²) < 4.78 is 52.3. The van der Waals surface area contributed by atoms with E-state index in [0.29, 0.717) is 11.5 Å². The van der Waals surface area contributed by atoms with Gasteiger partial charge in [-0.3, -0.25) is 4.72 Å². The molecule has 3 rings (SSSR count). The first-order chi connectivity index (χ1) is 11.9. The molecule has 0 spiro atoms. The molecule has 0 aliphatic heterocycles. The normalized spacial score (nSPS) is 11.1. The van der Waals surface area contributed by atoms with Crippen molar-refractivity contribution in [3.63, 3.8) is 0 Å². The Morgan fingerprint density at radius 2 is 1.24 bits per heavy atom. The summed E-state index contributed by atoms with van der Waals surface area (Å²) in [6, 6.07) is 13.0. The van der Waals surface area contributed by atoms with Gasteiger partial charge in [0.15, 0.2) is 11.6 Å². The largest absolute Gasteiger partial charge is 0.339 e. The summed E-state index contributed by atoms with van der Waals surface area (Å²) in [6.07, 6.45) is 0. The third kappa shape index (κ3) is 4.27. The fraction of sp³-hybridized carbons (Fsp3) is 0. The van der Waals surface area contributed by atoms with Crippen LogP contribution in [0.4, 0.5) is 26.1 Å². The molecule has 2 N–H and O–H groups in total. The molecule has 0 radical (unpaired) electrons. The predicted octanol–water partition coefficient (Wildman–Crippen LogP) is 3.30. The van der Waals surface area contributed by atoms with Gasteiger partial charge in [-0.25, -0.2) is 17.2 Å². The summed E-state index contributed by atoms with van der Waals surface area (Å²) in [5.41, 5.74) is 0.607. The van der Waals surface area contributed by atoms with E-state index in [-0.39, 0.29) is 16.5 Å². The SMILES string of the molecule is O=S(=O)(Nc1ccc(Nc2ccc(F)cc2)nn1)c1ccc(F)cc1. The lowest BCUT2D eigenvalue weighted by Gasteiger charge is -2.08. The van der Waals surface area contributed by atoms with Gasteiger partial charge >= 0.3 is 0 Å². The van der Waals surface area contributed by atoms with Gasteiger partial charge in [-0.15, -0.1) is 10.2 Å². The quantitative estimate of drug-likeness (QED) is 0.728. The first-order valence-electron chi connectivity index (χ1n) is 7.07. The summed E-state index contributed by atoms with van der Waals surface area (Å²) in [5.74, 6) is -0.525. The van der Waals surface area contributed by atoms with Crippen molar-refractivity contribution in [2.24, 2.45) is 0 Å². The predicted molar refractivity (Wildman–Crippen MR) is 88.9 cm³/mol. The van der Waals surface area contributed by atoms with Crippen LogP contribution in [0.2, 0.25) is 0 Å². The van der Waals surface area contributed by atoms with Gasteiger partial charge in [-0.1, -0.05) is 0 Å². The number of aromatic nitrogens is 2. The number of halogens is 2. The number of rotatable bonds is 5. The van der Waals surface area contributed by atoms with Gasteiger partial charge in [0, 0.05) is 5.69 Å². The van der Waals surface area contributed by atoms with Gasteiger partial charge in [0.25, 0.3) is 10.0 Å². The van der Waals surface area contributed by atoms with Crippen molar-refractivity contribution in [1.29, 1.82) is 0 Å². The van der Waals surface area contributed by atoms with Gasteiger partial charge in [-0.2, -0.15) is 0 Å².